The van der Waals surface area contributed by atoms with Crippen LogP contribution < -0.4 is 0 Å². The maximum atomic E-state index is 12.4. The zero-order chi connectivity index (χ0) is 64.7. The lowest BCUT2D eigenvalue weighted by Crippen LogP contribution is -2.28. The van der Waals surface area contributed by atoms with Gasteiger partial charge in [0.05, 0.1) is 6.61 Å². The number of hydrogen-bond donors (Lipinski definition) is 1. The fraction of sp³-hybridized carbons (Fsp3) is 0.694. The summed E-state index contributed by atoms with van der Waals surface area (Å²) in [5.41, 5.74) is 0. The standard InChI is InChI=1S/C85H144O5/c1-3-5-7-9-11-13-15-17-19-21-23-25-27-29-31-33-35-37-39-40-41-42-43-44-46-48-50-52-54-56-58-60-62-64-66-68-70-72-74-76-78-80-85(88)90-83(81-86)82-89-84(87)79-77-75-73-71-69-67-65-63-61-59-57-55-53-51-49-47-45-38-36-34-32-30-28-26-24-22-20-18-16-14-12-10-8-6-4-2/h5-8,11-14,17-20,23-26,29,31,35,37,40-41,43-44,83,86H,3-4,9-10,15-16,21-22,27-28,30,32-34,36,38-39,42,45-82H2,1-2H3/b7-5-,8-6-,13-11-,14-12-,19-17-,20-18-,25-23-,26-24-,31-29-,37-35-,41-40-,44-43-. The van der Waals surface area contributed by atoms with Gasteiger partial charge >= 0.3 is 11.9 Å². The van der Waals surface area contributed by atoms with Gasteiger partial charge in [-0.2, -0.15) is 0 Å². The van der Waals surface area contributed by atoms with E-state index >= 15 is 0 Å². The SMILES string of the molecule is CC/C=C\C/C=C\C/C=C\C/C=C\C/C=C\C/C=C\C/C=C\C/C=C\CCCCCCCCCCCCCCCCCCC(=O)OC(CO)COC(=O)CCCCCCCCCCCCCCCCCCCCCCCC/C=C\C/C=C\C/C=C\C/C=C\CC. The van der Waals surface area contributed by atoms with Crippen LogP contribution in [0.25, 0.3) is 0 Å². The van der Waals surface area contributed by atoms with Gasteiger partial charge in [-0.25, -0.2) is 0 Å². The Balaban J connectivity index is 3.45. The molecule has 0 amide bonds. The van der Waals surface area contributed by atoms with Gasteiger partial charge < -0.3 is 14.6 Å². The van der Waals surface area contributed by atoms with Crippen molar-refractivity contribution in [2.45, 2.75) is 367 Å². The summed E-state index contributed by atoms with van der Waals surface area (Å²) in [7, 11) is 0. The first-order valence-electron chi connectivity index (χ1n) is 38.4. The second-order valence-corrected chi connectivity index (χ2v) is 25.3. The van der Waals surface area contributed by atoms with E-state index in [-0.39, 0.29) is 25.2 Å². The number of hydrogen-bond acceptors (Lipinski definition) is 5. The monoisotopic (exact) mass is 1250 g/mol. The van der Waals surface area contributed by atoms with E-state index in [1.54, 1.807) is 0 Å². The van der Waals surface area contributed by atoms with Crippen LogP contribution in [0.1, 0.15) is 361 Å². The third kappa shape index (κ3) is 76.2. The lowest BCUT2D eigenvalue weighted by Gasteiger charge is -2.15. The third-order valence-electron chi connectivity index (χ3n) is 16.6. The molecular formula is C85H144O5. The molecule has 1 N–H and O–H groups in total. The van der Waals surface area contributed by atoms with Crippen LogP contribution in [0.15, 0.2) is 146 Å². The molecule has 514 valence electrons. The van der Waals surface area contributed by atoms with E-state index in [1.807, 2.05) is 0 Å². The van der Waals surface area contributed by atoms with Crippen LogP contribution in [0.5, 0.6) is 0 Å². The lowest BCUT2D eigenvalue weighted by molar-refractivity contribution is -0.161. The topological polar surface area (TPSA) is 72.8 Å². The first kappa shape index (κ1) is 85.8. The second kappa shape index (κ2) is 79.0. The van der Waals surface area contributed by atoms with Gasteiger partial charge in [0.15, 0.2) is 6.10 Å². The molecule has 5 heteroatoms. The molecule has 90 heavy (non-hydrogen) atoms. The maximum Gasteiger partial charge on any atom is 0.306 e. The van der Waals surface area contributed by atoms with Gasteiger partial charge in [0.1, 0.15) is 6.61 Å². The number of carbonyl (C=O) groups excluding carboxylic acids is 2. The van der Waals surface area contributed by atoms with Gasteiger partial charge in [-0.15, -0.1) is 0 Å². The van der Waals surface area contributed by atoms with E-state index < -0.39 is 6.10 Å². The van der Waals surface area contributed by atoms with Crippen molar-refractivity contribution in [3.05, 3.63) is 146 Å². The van der Waals surface area contributed by atoms with Crippen LogP contribution in [0.3, 0.4) is 0 Å². The van der Waals surface area contributed by atoms with E-state index in [0.29, 0.717) is 12.8 Å². The molecule has 0 radical (unpaired) electrons. The average molecular weight is 1250 g/mol. The number of rotatable bonds is 70. The summed E-state index contributed by atoms with van der Waals surface area (Å²) in [6, 6.07) is 0. The van der Waals surface area contributed by atoms with E-state index in [4.69, 9.17) is 9.47 Å². The number of aliphatic hydroxyl groups excluding tert-OH is 1. The lowest BCUT2D eigenvalue weighted by atomic mass is 10.0. The number of carbonyl (C=O) groups is 2. The fourth-order valence-electron chi connectivity index (χ4n) is 11.0. The van der Waals surface area contributed by atoms with Crippen molar-refractivity contribution in [3.8, 4) is 0 Å². The number of esters is 2. The van der Waals surface area contributed by atoms with Gasteiger partial charge in [-0.05, 0) is 116 Å². The average Bonchev–Trinajstić information content (AvgIpc) is 3.60. The third-order valence-corrected chi connectivity index (χ3v) is 16.6. The fourth-order valence-corrected chi connectivity index (χ4v) is 11.0. The minimum absolute atomic E-state index is 0.0667. The molecule has 0 rings (SSSR count). The van der Waals surface area contributed by atoms with Crippen LogP contribution in [0, 0.1) is 0 Å². The summed E-state index contributed by atoms with van der Waals surface area (Å²) < 4.78 is 10.8. The molecule has 1 atom stereocenters. The molecule has 0 aromatic carbocycles. The summed E-state index contributed by atoms with van der Waals surface area (Å²) in [6.07, 6.45) is 119. The van der Waals surface area contributed by atoms with Crippen molar-refractivity contribution in [1.29, 1.82) is 0 Å². The normalized spacial score (nSPS) is 13.1. The Kier molecular flexibility index (Phi) is 75.3. The zero-order valence-corrected chi connectivity index (χ0v) is 59.1. The predicted octanol–water partition coefficient (Wildman–Crippen LogP) is 27.2. The molecule has 1 unspecified atom stereocenters. The Labute approximate surface area is 558 Å². The molecule has 0 spiro atoms. The van der Waals surface area contributed by atoms with Gasteiger partial charge in [0.25, 0.3) is 0 Å². The van der Waals surface area contributed by atoms with Gasteiger partial charge in [-0.3, -0.25) is 9.59 Å². The molecule has 0 saturated carbocycles. The van der Waals surface area contributed by atoms with Crippen molar-refractivity contribution in [3.63, 3.8) is 0 Å². The molecule has 0 fully saturated rings. The second-order valence-electron chi connectivity index (χ2n) is 25.3. The molecule has 0 aliphatic rings. The van der Waals surface area contributed by atoms with E-state index in [9.17, 15) is 14.7 Å². The molecule has 0 aromatic heterocycles. The van der Waals surface area contributed by atoms with Crippen LogP contribution in [0.2, 0.25) is 0 Å². The summed E-state index contributed by atoms with van der Waals surface area (Å²) in [5, 5.41) is 9.73. The maximum absolute atomic E-state index is 12.4. The smallest absolute Gasteiger partial charge is 0.306 e. The van der Waals surface area contributed by atoms with Crippen molar-refractivity contribution in [1.82, 2.24) is 0 Å². The zero-order valence-electron chi connectivity index (χ0n) is 59.1. The Bertz CT molecular complexity index is 1850. The minimum Gasteiger partial charge on any atom is -0.462 e. The van der Waals surface area contributed by atoms with Gasteiger partial charge in [0, 0.05) is 12.8 Å². The van der Waals surface area contributed by atoms with Crippen molar-refractivity contribution < 1.29 is 24.2 Å². The molecular weight excluding hydrogens is 1100 g/mol. The summed E-state index contributed by atoms with van der Waals surface area (Å²) in [4.78, 5) is 24.7. The molecule has 5 nitrogen and oxygen atoms in total. The van der Waals surface area contributed by atoms with Crippen LogP contribution >= 0.6 is 0 Å². The number of ether oxygens (including phenoxy) is 2. The predicted molar refractivity (Wildman–Crippen MR) is 398 cm³/mol. The Morgan fingerprint density at radius 2 is 0.444 bits per heavy atom. The van der Waals surface area contributed by atoms with E-state index in [1.165, 1.54) is 218 Å². The highest BCUT2D eigenvalue weighted by Gasteiger charge is 2.16. The minimum atomic E-state index is -0.779. The summed E-state index contributed by atoms with van der Waals surface area (Å²) in [5.74, 6) is -0.579. The highest BCUT2D eigenvalue weighted by atomic mass is 16.6. The summed E-state index contributed by atoms with van der Waals surface area (Å²) in [6.45, 7) is 3.95. The molecule has 0 bridgehead atoms. The molecule has 0 aliphatic heterocycles. The largest absolute Gasteiger partial charge is 0.462 e. The number of unbranched alkanes of at least 4 members (excludes halogenated alkanes) is 38. The highest BCUT2D eigenvalue weighted by Crippen LogP contribution is 2.18. The molecule has 0 aliphatic carbocycles. The Morgan fingerprint density at radius 3 is 0.667 bits per heavy atom. The molecule has 0 saturated heterocycles. The first-order chi connectivity index (χ1) is 44.6. The van der Waals surface area contributed by atoms with Crippen LogP contribution in [0.4, 0.5) is 0 Å². The van der Waals surface area contributed by atoms with Crippen LogP contribution in [-0.2, 0) is 19.1 Å². The van der Waals surface area contributed by atoms with Crippen molar-refractivity contribution >= 4 is 11.9 Å². The van der Waals surface area contributed by atoms with E-state index in [0.717, 1.165) is 116 Å². The first-order valence-corrected chi connectivity index (χ1v) is 38.4. The molecule has 0 heterocycles. The molecule has 0 aromatic rings. The van der Waals surface area contributed by atoms with Gasteiger partial charge in [0.2, 0.25) is 0 Å². The Hall–Kier alpha value is -4.22. The van der Waals surface area contributed by atoms with Crippen LogP contribution in [-0.4, -0.2) is 36.4 Å². The van der Waals surface area contributed by atoms with E-state index in [2.05, 4.69) is 160 Å². The van der Waals surface area contributed by atoms with Gasteiger partial charge in [-0.1, -0.05) is 378 Å². The quantitative estimate of drug-likeness (QED) is 0.0373. The summed E-state index contributed by atoms with van der Waals surface area (Å²) >= 11 is 0. The Morgan fingerprint density at radius 1 is 0.256 bits per heavy atom. The van der Waals surface area contributed by atoms with Crippen molar-refractivity contribution in [2.24, 2.45) is 0 Å². The highest BCUT2D eigenvalue weighted by molar-refractivity contribution is 5.70. The van der Waals surface area contributed by atoms with Crippen molar-refractivity contribution in [2.75, 3.05) is 13.2 Å². The number of allylic oxidation sites excluding steroid dienone is 24. The number of aliphatic hydroxyl groups is 1.